The fourth-order valence-corrected chi connectivity index (χ4v) is 2.59. The van der Waals surface area contributed by atoms with Crippen LogP contribution in [0.15, 0.2) is 35.9 Å². The molecule has 19 heavy (non-hydrogen) atoms. The highest BCUT2D eigenvalue weighted by Gasteiger charge is 2.32. The zero-order valence-corrected chi connectivity index (χ0v) is 11.4. The molecule has 0 saturated heterocycles. The van der Waals surface area contributed by atoms with Crippen LogP contribution in [0.4, 0.5) is 0 Å². The van der Waals surface area contributed by atoms with Gasteiger partial charge in [-0.15, -0.1) is 0 Å². The van der Waals surface area contributed by atoms with E-state index in [1.165, 1.54) is 0 Å². The zero-order valence-electron chi connectivity index (χ0n) is 11.4. The zero-order chi connectivity index (χ0) is 13.8. The highest BCUT2D eigenvalue weighted by atomic mass is 16.5. The van der Waals surface area contributed by atoms with E-state index >= 15 is 0 Å². The summed E-state index contributed by atoms with van der Waals surface area (Å²) in [5.74, 6) is -0.447. The number of aryl methyl sites for hydroxylation is 1. The molecule has 1 aliphatic carbocycles. The van der Waals surface area contributed by atoms with Gasteiger partial charge in [0.25, 0.3) is 0 Å². The number of aliphatic hydroxyl groups excluding tert-OH is 1. The van der Waals surface area contributed by atoms with Crippen molar-refractivity contribution in [1.29, 1.82) is 0 Å². The van der Waals surface area contributed by atoms with Crippen LogP contribution in [0.3, 0.4) is 0 Å². The van der Waals surface area contributed by atoms with Gasteiger partial charge >= 0.3 is 5.97 Å². The van der Waals surface area contributed by atoms with Gasteiger partial charge in [-0.05, 0) is 32.3 Å². The van der Waals surface area contributed by atoms with E-state index in [1.54, 1.807) is 6.92 Å². The lowest BCUT2D eigenvalue weighted by molar-refractivity contribution is -0.139. The van der Waals surface area contributed by atoms with Gasteiger partial charge in [-0.1, -0.05) is 35.9 Å². The third-order valence-corrected chi connectivity index (χ3v) is 3.52. The second-order valence-corrected chi connectivity index (χ2v) is 4.92. The minimum absolute atomic E-state index is 0.152. The van der Waals surface area contributed by atoms with Crippen LogP contribution in [0.25, 0.3) is 0 Å². The highest BCUT2D eigenvalue weighted by Crippen LogP contribution is 2.37. The van der Waals surface area contributed by atoms with Crippen LogP contribution in [-0.4, -0.2) is 17.7 Å². The predicted octanol–water partition coefficient (Wildman–Crippen LogP) is 2.93. The number of rotatable bonds is 4. The van der Waals surface area contributed by atoms with E-state index in [-0.39, 0.29) is 11.9 Å². The summed E-state index contributed by atoms with van der Waals surface area (Å²) in [7, 11) is 0. The first-order valence-corrected chi connectivity index (χ1v) is 6.75. The van der Waals surface area contributed by atoms with Gasteiger partial charge < -0.3 is 9.84 Å². The minimum Gasteiger partial charge on any atom is -0.463 e. The lowest BCUT2D eigenvalue weighted by Crippen LogP contribution is -2.19. The fourth-order valence-electron chi connectivity index (χ4n) is 2.59. The highest BCUT2D eigenvalue weighted by molar-refractivity contribution is 5.89. The fraction of sp³-hybridized carbons (Fsp3) is 0.438. The van der Waals surface area contributed by atoms with Crippen LogP contribution >= 0.6 is 0 Å². The van der Waals surface area contributed by atoms with E-state index in [4.69, 9.17) is 4.74 Å². The van der Waals surface area contributed by atoms with E-state index in [1.807, 2.05) is 37.3 Å². The van der Waals surface area contributed by atoms with Gasteiger partial charge in [0.1, 0.15) is 0 Å². The summed E-state index contributed by atoms with van der Waals surface area (Å²) in [5, 5.41) is 10.5. The number of carbonyl (C=O) groups excluding carboxylic acids is 1. The molecule has 1 aliphatic rings. The average Bonchev–Trinajstić information content (AvgIpc) is 2.87. The summed E-state index contributed by atoms with van der Waals surface area (Å²) in [4.78, 5) is 11.9. The van der Waals surface area contributed by atoms with E-state index in [2.05, 4.69) is 0 Å². The number of ether oxygens (including phenoxy) is 1. The molecule has 0 radical (unpaired) electrons. The van der Waals surface area contributed by atoms with Gasteiger partial charge in [0.05, 0.1) is 12.7 Å². The van der Waals surface area contributed by atoms with Crippen LogP contribution in [0.2, 0.25) is 0 Å². The quantitative estimate of drug-likeness (QED) is 0.847. The molecular formula is C16H20O3. The standard InChI is InChI=1S/C16H20O3/c1-3-19-16(18)14-9-5-8-13(14)15(17)12-7-4-6-11(2)10-12/h4,6-7,9-10,13,15,17H,3,5,8H2,1-2H3/t13-,15-/m0/s1. The Hall–Kier alpha value is -1.61. The minimum atomic E-state index is -0.641. The molecule has 102 valence electrons. The molecule has 1 aromatic carbocycles. The number of carbonyl (C=O) groups is 1. The summed E-state index contributed by atoms with van der Waals surface area (Å²) in [6.45, 7) is 4.15. The van der Waals surface area contributed by atoms with Crippen LogP contribution < -0.4 is 0 Å². The summed E-state index contributed by atoms with van der Waals surface area (Å²) >= 11 is 0. The SMILES string of the molecule is CCOC(=O)C1=CCC[C@@H]1[C@@H](O)c1cccc(C)c1. The number of hydrogen-bond donors (Lipinski definition) is 1. The van der Waals surface area contributed by atoms with Gasteiger partial charge in [0.15, 0.2) is 0 Å². The van der Waals surface area contributed by atoms with E-state index in [0.717, 1.165) is 24.0 Å². The van der Waals surface area contributed by atoms with Gasteiger partial charge in [0, 0.05) is 11.5 Å². The number of benzene rings is 1. The van der Waals surface area contributed by atoms with Crippen molar-refractivity contribution in [1.82, 2.24) is 0 Å². The van der Waals surface area contributed by atoms with Gasteiger partial charge in [-0.3, -0.25) is 0 Å². The summed E-state index contributed by atoms with van der Waals surface area (Å²) < 4.78 is 5.05. The van der Waals surface area contributed by atoms with Crippen molar-refractivity contribution in [2.24, 2.45) is 5.92 Å². The van der Waals surface area contributed by atoms with Crippen LogP contribution in [0, 0.1) is 12.8 Å². The van der Waals surface area contributed by atoms with Crippen molar-refractivity contribution in [2.75, 3.05) is 6.61 Å². The molecule has 0 amide bonds. The third kappa shape index (κ3) is 3.04. The first-order valence-electron chi connectivity index (χ1n) is 6.75. The summed E-state index contributed by atoms with van der Waals surface area (Å²) in [6.07, 6.45) is 2.87. The Morgan fingerprint density at radius 2 is 2.32 bits per heavy atom. The Morgan fingerprint density at radius 3 is 3.00 bits per heavy atom. The van der Waals surface area contributed by atoms with Crippen molar-refractivity contribution >= 4 is 5.97 Å². The van der Waals surface area contributed by atoms with E-state index < -0.39 is 6.10 Å². The Bertz CT molecular complexity index is 491. The molecule has 2 rings (SSSR count). The molecular weight excluding hydrogens is 240 g/mol. The monoisotopic (exact) mass is 260 g/mol. The molecule has 0 spiro atoms. The molecule has 0 aliphatic heterocycles. The van der Waals surface area contributed by atoms with Gasteiger partial charge in [0.2, 0.25) is 0 Å². The van der Waals surface area contributed by atoms with Crippen molar-refractivity contribution < 1.29 is 14.6 Å². The normalized spacial score (nSPS) is 19.9. The molecule has 0 unspecified atom stereocenters. The topological polar surface area (TPSA) is 46.5 Å². The second-order valence-electron chi connectivity index (χ2n) is 4.92. The number of allylic oxidation sites excluding steroid dienone is 1. The predicted molar refractivity (Wildman–Crippen MR) is 73.6 cm³/mol. The molecule has 0 saturated carbocycles. The molecule has 1 aromatic rings. The molecule has 3 heteroatoms. The number of hydrogen-bond acceptors (Lipinski definition) is 3. The lowest BCUT2D eigenvalue weighted by Gasteiger charge is -2.21. The molecule has 0 bridgehead atoms. The maximum atomic E-state index is 11.9. The maximum absolute atomic E-state index is 11.9. The lowest BCUT2D eigenvalue weighted by atomic mass is 9.89. The Balaban J connectivity index is 2.17. The van der Waals surface area contributed by atoms with Crippen LogP contribution in [0.5, 0.6) is 0 Å². The first-order chi connectivity index (χ1) is 9.13. The number of esters is 1. The van der Waals surface area contributed by atoms with Gasteiger partial charge in [-0.2, -0.15) is 0 Å². The van der Waals surface area contributed by atoms with Crippen LogP contribution in [0.1, 0.15) is 37.0 Å². The Labute approximate surface area is 113 Å². The van der Waals surface area contributed by atoms with Crippen molar-refractivity contribution in [3.8, 4) is 0 Å². The van der Waals surface area contributed by atoms with E-state index in [0.29, 0.717) is 12.2 Å². The summed E-state index contributed by atoms with van der Waals surface area (Å²) in [5.41, 5.74) is 2.59. The molecule has 0 fully saturated rings. The van der Waals surface area contributed by atoms with Crippen LogP contribution in [-0.2, 0) is 9.53 Å². The second kappa shape index (κ2) is 6.02. The average molecular weight is 260 g/mol. The smallest absolute Gasteiger partial charge is 0.334 e. The van der Waals surface area contributed by atoms with Crippen molar-refractivity contribution in [3.63, 3.8) is 0 Å². The van der Waals surface area contributed by atoms with Gasteiger partial charge in [-0.25, -0.2) is 4.79 Å². The maximum Gasteiger partial charge on any atom is 0.334 e. The van der Waals surface area contributed by atoms with Crippen molar-refractivity contribution in [2.45, 2.75) is 32.8 Å². The number of aliphatic hydroxyl groups is 1. The third-order valence-electron chi connectivity index (χ3n) is 3.52. The van der Waals surface area contributed by atoms with E-state index in [9.17, 15) is 9.90 Å². The molecule has 1 N–H and O–H groups in total. The molecule has 2 atom stereocenters. The largest absolute Gasteiger partial charge is 0.463 e. The molecule has 0 aromatic heterocycles. The Morgan fingerprint density at radius 1 is 1.53 bits per heavy atom. The Kier molecular flexibility index (Phi) is 4.38. The molecule has 3 nitrogen and oxygen atoms in total. The first kappa shape index (κ1) is 13.8. The molecule has 0 heterocycles. The van der Waals surface area contributed by atoms with Crippen molar-refractivity contribution in [3.05, 3.63) is 47.0 Å². The summed E-state index contributed by atoms with van der Waals surface area (Å²) in [6, 6.07) is 7.79.